The maximum absolute atomic E-state index is 12.9. The van der Waals surface area contributed by atoms with Gasteiger partial charge in [0.05, 0.1) is 17.6 Å². The first-order valence-electron chi connectivity index (χ1n) is 12.2. The second-order valence-electron chi connectivity index (χ2n) is 9.15. The molecule has 0 radical (unpaired) electrons. The molecular formula is C28H25N5O4. The van der Waals surface area contributed by atoms with E-state index in [-0.39, 0.29) is 18.6 Å². The second kappa shape index (κ2) is 9.42. The summed E-state index contributed by atoms with van der Waals surface area (Å²) in [7, 11) is 1.80. The Bertz CT molecular complexity index is 1460. The van der Waals surface area contributed by atoms with Crippen LogP contribution in [0, 0.1) is 0 Å². The van der Waals surface area contributed by atoms with Crippen LogP contribution < -0.4 is 19.7 Å². The molecule has 1 aliphatic heterocycles. The summed E-state index contributed by atoms with van der Waals surface area (Å²) in [6, 6.07) is 19.2. The smallest absolute Gasteiger partial charge is 0.412 e. The Hall–Kier alpha value is -4.66. The lowest BCUT2D eigenvalue weighted by Gasteiger charge is -2.28. The summed E-state index contributed by atoms with van der Waals surface area (Å²) in [6.45, 7) is -0.123. The zero-order chi connectivity index (χ0) is 25.4. The monoisotopic (exact) mass is 495 g/mol. The van der Waals surface area contributed by atoms with Crippen LogP contribution in [-0.2, 0) is 11.8 Å². The highest BCUT2D eigenvalue weighted by atomic mass is 16.6. The molecule has 0 spiro atoms. The van der Waals surface area contributed by atoms with Gasteiger partial charge in [-0.1, -0.05) is 30.3 Å². The molecule has 0 bridgehead atoms. The zero-order valence-electron chi connectivity index (χ0n) is 20.3. The van der Waals surface area contributed by atoms with Gasteiger partial charge >= 0.3 is 6.09 Å². The van der Waals surface area contributed by atoms with Gasteiger partial charge in [-0.25, -0.2) is 9.78 Å². The van der Waals surface area contributed by atoms with Crippen LogP contribution in [0.3, 0.4) is 0 Å². The van der Waals surface area contributed by atoms with Crippen LogP contribution in [-0.4, -0.2) is 39.4 Å². The lowest BCUT2D eigenvalue weighted by molar-refractivity contribution is -0.120. The lowest BCUT2D eigenvalue weighted by atomic mass is 9.93. The lowest BCUT2D eigenvalue weighted by Crippen LogP contribution is -2.40. The number of fused-ring (bicyclic) bond motifs is 1. The number of amides is 2. The maximum Gasteiger partial charge on any atom is 0.412 e. The zero-order valence-corrected chi connectivity index (χ0v) is 20.3. The standard InChI is InChI=1S/C28H25N5O4/c1-32-16-21(15-29-32)33-24-14-23(18-6-3-2-4-7-18)26(31-27(24)36-17-25(33)34)19-10-12-22(13-11-19)37-28(35)30-20-8-5-9-20/h2-4,6-7,10-16,20H,5,8-9,17H2,1H3,(H,30,35). The molecule has 6 rings (SSSR count). The van der Waals surface area contributed by atoms with Crippen LogP contribution in [0.5, 0.6) is 11.6 Å². The number of aromatic nitrogens is 3. The number of hydrogen-bond acceptors (Lipinski definition) is 6. The fourth-order valence-corrected chi connectivity index (χ4v) is 4.48. The molecule has 9 heteroatoms. The third-order valence-electron chi connectivity index (χ3n) is 6.59. The molecule has 0 unspecified atom stereocenters. The Labute approximate surface area is 213 Å². The van der Waals surface area contributed by atoms with Crippen molar-refractivity contribution in [2.75, 3.05) is 11.5 Å². The number of aryl methyl sites for hydroxylation is 1. The number of hydrogen-bond donors (Lipinski definition) is 1. The number of rotatable bonds is 5. The number of carbonyl (C=O) groups is 2. The highest BCUT2D eigenvalue weighted by molar-refractivity contribution is 6.05. The molecule has 3 heterocycles. The van der Waals surface area contributed by atoms with Crippen LogP contribution in [0.1, 0.15) is 19.3 Å². The highest BCUT2D eigenvalue weighted by Crippen LogP contribution is 2.42. The minimum atomic E-state index is -0.442. The molecule has 1 N–H and O–H groups in total. The molecule has 2 aliphatic rings. The van der Waals surface area contributed by atoms with Gasteiger partial charge in [0.2, 0.25) is 5.88 Å². The van der Waals surface area contributed by atoms with Crippen molar-refractivity contribution in [2.45, 2.75) is 25.3 Å². The first kappa shape index (κ1) is 22.8. The van der Waals surface area contributed by atoms with E-state index >= 15 is 0 Å². The predicted molar refractivity (Wildman–Crippen MR) is 138 cm³/mol. The Morgan fingerprint density at radius 2 is 1.86 bits per heavy atom. The highest BCUT2D eigenvalue weighted by Gasteiger charge is 2.31. The third-order valence-corrected chi connectivity index (χ3v) is 6.59. The van der Waals surface area contributed by atoms with Crippen molar-refractivity contribution >= 4 is 23.4 Å². The average molecular weight is 496 g/mol. The van der Waals surface area contributed by atoms with E-state index in [4.69, 9.17) is 14.5 Å². The Balaban J connectivity index is 1.38. The Morgan fingerprint density at radius 1 is 1.08 bits per heavy atom. The number of benzene rings is 2. The first-order valence-corrected chi connectivity index (χ1v) is 12.2. The summed E-state index contributed by atoms with van der Waals surface area (Å²) in [4.78, 5) is 31.5. The maximum atomic E-state index is 12.9. The van der Waals surface area contributed by atoms with Crippen LogP contribution in [0.15, 0.2) is 73.1 Å². The minimum absolute atomic E-state index is 0.123. The molecule has 1 aliphatic carbocycles. The number of pyridine rings is 1. The number of nitrogens with one attached hydrogen (secondary N) is 1. The van der Waals surface area contributed by atoms with Crippen molar-refractivity contribution < 1.29 is 19.1 Å². The molecular weight excluding hydrogens is 470 g/mol. The third kappa shape index (κ3) is 4.51. The van der Waals surface area contributed by atoms with Gasteiger partial charge in [0.15, 0.2) is 6.61 Å². The van der Waals surface area contributed by atoms with Gasteiger partial charge in [0.1, 0.15) is 11.4 Å². The fourth-order valence-electron chi connectivity index (χ4n) is 4.48. The average Bonchev–Trinajstić information content (AvgIpc) is 3.32. The molecule has 0 atom stereocenters. The molecule has 9 nitrogen and oxygen atoms in total. The molecule has 186 valence electrons. The predicted octanol–water partition coefficient (Wildman–Crippen LogP) is 4.85. The number of carbonyl (C=O) groups excluding carboxylic acids is 2. The number of anilines is 2. The van der Waals surface area contributed by atoms with Gasteiger partial charge in [-0.15, -0.1) is 0 Å². The quantitative estimate of drug-likeness (QED) is 0.425. The molecule has 37 heavy (non-hydrogen) atoms. The summed E-state index contributed by atoms with van der Waals surface area (Å²) in [5, 5.41) is 7.09. The molecule has 2 aromatic heterocycles. The molecule has 2 aromatic carbocycles. The number of ether oxygens (including phenoxy) is 2. The normalized spacial score (nSPS) is 14.9. The van der Waals surface area contributed by atoms with E-state index in [1.54, 1.807) is 41.2 Å². The largest absolute Gasteiger partial charge is 0.466 e. The van der Waals surface area contributed by atoms with Crippen molar-refractivity contribution in [1.82, 2.24) is 20.1 Å². The van der Waals surface area contributed by atoms with E-state index in [0.29, 0.717) is 28.7 Å². The van der Waals surface area contributed by atoms with Crippen molar-refractivity contribution in [3.8, 4) is 34.0 Å². The van der Waals surface area contributed by atoms with Crippen LogP contribution in [0.4, 0.5) is 16.2 Å². The van der Waals surface area contributed by atoms with Crippen LogP contribution >= 0.6 is 0 Å². The van der Waals surface area contributed by atoms with E-state index < -0.39 is 6.09 Å². The molecule has 1 saturated carbocycles. The van der Waals surface area contributed by atoms with Gasteiger partial charge in [-0.2, -0.15) is 5.10 Å². The van der Waals surface area contributed by atoms with E-state index in [0.717, 1.165) is 36.0 Å². The first-order chi connectivity index (χ1) is 18.0. The van der Waals surface area contributed by atoms with Crippen LogP contribution in [0.2, 0.25) is 0 Å². The second-order valence-corrected chi connectivity index (χ2v) is 9.15. The summed E-state index contributed by atoms with van der Waals surface area (Å²) >= 11 is 0. The summed E-state index contributed by atoms with van der Waals surface area (Å²) in [5.74, 6) is 0.610. The van der Waals surface area contributed by atoms with Crippen molar-refractivity contribution in [3.63, 3.8) is 0 Å². The summed E-state index contributed by atoms with van der Waals surface area (Å²) in [5.41, 5.74) is 4.49. The van der Waals surface area contributed by atoms with E-state index in [2.05, 4.69) is 10.4 Å². The molecule has 0 saturated heterocycles. The summed E-state index contributed by atoms with van der Waals surface area (Å²) < 4.78 is 12.9. The van der Waals surface area contributed by atoms with E-state index in [9.17, 15) is 9.59 Å². The van der Waals surface area contributed by atoms with Gasteiger partial charge in [0, 0.05) is 30.4 Å². The SMILES string of the molecule is Cn1cc(N2C(=O)COc3nc(-c4ccc(OC(=O)NC5CCC5)cc4)c(-c4ccccc4)cc32)cn1. The minimum Gasteiger partial charge on any atom is -0.466 e. The van der Waals surface area contributed by atoms with E-state index in [1.807, 2.05) is 48.5 Å². The fraction of sp³-hybridized carbons (Fsp3) is 0.214. The van der Waals surface area contributed by atoms with Crippen molar-refractivity contribution in [2.24, 2.45) is 7.05 Å². The van der Waals surface area contributed by atoms with Gasteiger partial charge in [-0.05, 0) is 55.2 Å². The van der Waals surface area contributed by atoms with Crippen LogP contribution in [0.25, 0.3) is 22.4 Å². The van der Waals surface area contributed by atoms with E-state index in [1.165, 1.54) is 0 Å². The van der Waals surface area contributed by atoms with Gasteiger partial charge < -0.3 is 14.8 Å². The summed E-state index contributed by atoms with van der Waals surface area (Å²) in [6.07, 6.45) is 6.10. The molecule has 1 fully saturated rings. The van der Waals surface area contributed by atoms with Crippen molar-refractivity contribution in [3.05, 3.63) is 73.1 Å². The molecule has 2 amide bonds. The van der Waals surface area contributed by atoms with Gasteiger partial charge in [0.25, 0.3) is 5.91 Å². The molecule has 4 aromatic rings. The van der Waals surface area contributed by atoms with Crippen molar-refractivity contribution in [1.29, 1.82) is 0 Å². The topological polar surface area (TPSA) is 98.6 Å². The van der Waals surface area contributed by atoms with Gasteiger partial charge in [-0.3, -0.25) is 14.4 Å². The Kier molecular flexibility index (Phi) is 5.80. The number of nitrogens with zero attached hydrogens (tertiary/aromatic N) is 4. The Morgan fingerprint density at radius 3 is 2.54 bits per heavy atom.